The molecule has 5 aromatic rings. The van der Waals surface area contributed by atoms with E-state index in [9.17, 15) is 19.5 Å². The average Bonchev–Trinajstić information content (AvgIpc) is 4.08. The highest BCUT2D eigenvalue weighted by atomic mass is 35.5. The van der Waals surface area contributed by atoms with Gasteiger partial charge in [-0.15, -0.1) is 0 Å². The van der Waals surface area contributed by atoms with Crippen LogP contribution < -0.4 is 36.0 Å². The second-order valence-corrected chi connectivity index (χ2v) is 18.1. The van der Waals surface area contributed by atoms with Gasteiger partial charge in [-0.3, -0.25) is 29.3 Å². The van der Waals surface area contributed by atoms with E-state index in [0.717, 1.165) is 55.6 Å². The molecule has 10 rings (SSSR count). The lowest BCUT2D eigenvalue weighted by Gasteiger charge is -2.43. The van der Waals surface area contributed by atoms with Gasteiger partial charge in [-0.1, -0.05) is 11.6 Å². The van der Waals surface area contributed by atoms with E-state index in [2.05, 4.69) is 42.9 Å². The lowest BCUT2D eigenvalue weighted by atomic mass is 9.92. The van der Waals surface area contributed by atoms with Crippen LogP contribution in [0, 0.1) is 11.8 Å². The van der Waals surface area contributed by atoms with Crippen LogP contribution in [0.4, 0.5) is 37.6 Å². The summed E-state index contributed by atoms with van der Waals surface area (Å²) in [5, 5.41) is 25.8. The van der Waals surface area contributed by atoms with Gasteiger partial charge >= 0.3 is 5.92 Å². The first kappa shape index (κ1) is 41.4. The van der Waals surface area contributed by atoms with Crippen molar-refractivity contribution in [1.82, 2.24) is 34.5 Å². The molecule has 1 saturated carbocycles. The van der Waals surface area contributed by atoms with Crippen LogP contribution in [0.1, 0.15) is 50.1 Å². The van der Waals surface area contributed by atoms with Crippen molar-refractivity contribution < 1.29 is 28.2 Å². The number of imide groups is 1. The predicted octanol–water partition coefficient (Wildman–Crippen LogP) is 4.75. The minimum absolute atomic E-state index is 0.0874. The van der Waals surface area contributed by atoms with Crippen LogP contribution in [0.3, 0.4) is 0 Å². The van der Waals surface area contributed by atoms with Crippen molar-refractivity contribution in [2.24, 2.45) is 25.9 Å². The van der Waals surface area contributed by atoms with Gasteiger partial charge in [-0.25, -0.2) is 13.8 Å². The largest absolute Gasteiger partial charge is 0.480 e. The molecule has 3 saturated heterocycles. The summed E-state index contributed by atoms with van der Waals surface area (Å²) >= 11 is 6.65. The highest BCUT2D eigenvalue weighted by Crippen LogP contribution is 2.46. The van der Waals surface area contributed by atoms with Gasteiger partial charge in [0.15, 0.2) is 12.4 Å². The number of carbonyl (C=O) groups excluding carboxylic acids is 2. The maximum atomic E-state index is 15.2. The fourth-order valence-corrected chi connectivity index (χ4v) is 10.1. The number of nitrogens with zero attached hydrogens (tertiary/aromatic N) is 8. The number of anilines is 5. The van der Waals surface area contributed by atoms with Gasteiger partial charge in [0, 0.05) is 81.9 Å². The van der Waals surface area contributed by atoms with E-state index in [-0.39, 0.29) is 46.8 Å². The molecule has 16 nitrogen and oxygen atoms in total. The minimum Gasteiger partial charge on any atom is -0.480 e. The Morgan fingerprint density at radius 3 is 2.56 bits per heavy atom. The molecule has 1 aliphatic carbocycles. The third kappa shape index (κ3) is 7.79. The summed E-state index contributed by atoms with van der Waals surface area (Å²) < 4.78 is 39.1. The Balaban J connectivity index is 0.789. The summed E-state index contributed by atoms with van der Waals surface area (Å²) in [4.78, 5) is 53.8. The van der Waals surface area contributed by atoms with Crippen LogP contribution in [0.2, 0.25) is 5.02 Å². The predicted molar refractivity (Wildman–Crippen MR) is 236 cm³/mol. The van der Waals surface area contributed by atoms with Gasteiger partial charge in [0.2, 0.25) is 23.5 Å². The first-order chi connectivity index (χ1) is 30.3. The lowest BCUT2D eigenvalue weighted by molar-refractivity contribution is -0.134. The molecule has 3 atom stereocenters. The molecule has 332 valence electrons. The first-order valence-corrected chi connectivity index (χ1v) is 22.1. The van der Waals surface area contributed by atoms with Gasteiger partial charge in [0.1, 0.15) is 5.02 Å². The molecule has 0 spiro atoms. The van der Waals surface area contributed by atoms with Crippen molar-refractivity contribution in [3.63, 3.8) is 0 Å². The number of piperidine rings is 2. The van der Waals surface area contributed by atoms with Crippen LogP contribution >= 0.6 is 11.6 Å². The molecule has 2 amide bonds. The number of aryl methyl sites for hydroxylation is 2. The molecule has 3 aromatic heterocycles. The fraction of sp³-hybridized carbons (Fsp3) is 0.500. The maximum Gasteiger partial charge on any atom is 0.301 e. The van der Waals surface area contributed by atoms with Gasteiger partial charge < -0.3 is 34.8 Å². The van der Waals surface area contributed by atoms with Gasteiger partial charge in [-0.2, -0.15) is 10.1 Å². The number of rotatable bonds is 9. The number of aliphatic hydroxyl groups excluding tert-OH is 1. The Labute approximate surface area is 366 Å². The topological polar surface area (TPSA) is 175 Å². The monoisotopic (exact) mass is 885 g/mol. The zero-order chi connectivity index (χ0) is 43.7. The second-order valence-electron chi connectivity index (χ2n) is 17.7. The van der Waals surface area contributed by atoms with E-state index >= 15 is 8.78 Å². The third-order valence-electron chi connectivity index (χ3n) is 13.6. The number of alkyl halides is 2. The Morgan fingerprint density at radius 1 is 0.984 bits per heavy atom. The molecular weight excluding hydrogens is 836 g/mol. The second kappa shape index (κ2) is 16.2. The van der Waals surface area contributed by atoms with E-state index in [1.165, 1.54) is 10.8 Å². The summed E-state index contributed by atoms with van der Waals surface area (Å²) in [5.41, 5.74) is 3.66. The van der Waals surface area contributed by atoms with Crippen LogP contribution in [0.25, 0.3) is 21.8 Å². The molecular formula is C44H50ClF2N11O5. The average molecular weight is 886 g/mol. The molecule has 1 unspecified atom stereocenters. The molecule has 4 fully saturated rings. The van der Waals surface area contributed by atoms with E-state index in [1.807, 2.05) is 22.7 Å². The fourth-order valence-electron chi connectivity index (χ4n) is 9.93. The lowest BCUT2D eigenvalue weighted by Crippen LogP contribution is -2.56. The number of benzene rings is 2. The number of aromatic nitrogens is 5. The molecule has 2 aromatic carbocycles. The Bertz CT molecular complexity index is 2680. The normalized spacial score (nSPS) is 23.3. The summed E-state index contributed by atoms with van der Waals surface area (Å²) in [6, 6.07) is 10.2. The molecule has 0 bridgehead atoms. The molecule has 0 radical (unpaired) electrons. The molecule has 19 heteroatoms. The van der Waals surface area contributed by atoms with Crippen molar-refractivity contribution >= 4 is 74.0 Å². The quantitative estimate of drug-likeness (QED) is 0.150. The van der Waals surface area contributed by atoms with E-state index in [0.29, 0.717) is 78.7 Å². The summed E-state index contributed by atoms with van der Waals surface area (Å²) in [7, 11) is 3.48. The van der Waals surface area contributed by atoms with Crippen molar-refractivity contribution in [3.8, 4) is 5.75 Å². The first-order valence-electron chi connectivity index (χ1n) is 21.7. The smallest absolute Gasteiger partial charge is 0.301 e. The molecule has 7 heterocycles. The number of hydrogen-bond acceptors (Lipinski definition) is 13. The number of carbonyl (C=O) groups is 2. The van der Waals surface area contributed by atoms with Gasteiger partial charge in [0.05, 0.1) is 53.2 Å². The number of nitrogens with one attached hydrogen (secondary N) is 3. The highest BCUT2D eigenvalue weighted by Gasteiger charge is 2.51. The third-order valence-corrected chi connectivity index (χ3v) is 13.8. The number of ether oxygens (including phenoxy) is 1. The van der Waals surface area contributed by atoms with Crippen molar-refractivity contribution in [1.29, 1.82) is 0 Å². The van der Waals surface area contributed by atoms with Crippen molar-refractivity contribution in [2.45, 2.75) is 62.4 Å². The Hall–Kier alpha value is -5.59. The number of piperazine rings is 1. The number of hydrogen-bond donors (Lipinski definition) is 4. The number of fused-ring (bicyclic) bond motifs is 4. The highest BCUT2D eigenvalue weighted by molar-refractivity contribution is 6.33. The SMILES string of the molecule is Cn1nc(C2CCC(=O)NC2=O)c2ccc(N3CCC(CN4CCN(c5ncc(Cl)c(Nc6ccc7c(c6)c6c(c(=O)n7C)OCC(F)(F)[C@H](C7CC7)N6)n5)[C@H](CO)C4)CC3)cc21. The van der Waals surface area contributed by atoms with Crippen molar-refractivity contribution in [3.05, 3.63) is 63.7 Å². The van der Waals surface area contributed by atoms with Gasteiger partial charge in [0.25, 0.3) is 5.56 Å². The van der Waals surface area contributed by atoms with Crippen LogP contribution in [0.15, 0.2) is 47.4 Å². The molecule has 4 N–H and O–H groups in total. The standard InChI is InChI=1S/C44H50ClF2N11O5/c1-54-33-9-5-26(17-31(33)37-38(42(54)62)63-23-44(46,47)39(51-37)25-3-4-25)49-40-32(45)19-48-43(52-40)58-16-15-56(21-28(58)22-59)20-24-11-13-57(14-12-24)27-6-7-29-34(18-27)55(2)53-36(29)30-8-10-35(60)50-41(30)61/h5-7,9,17-19,24-25,28,30,39,51,59H,3-4,8,10-16,20-23H2,1-2H3,(H,48,49,52)(H,50,60,61)/t28-,30?,39-/m0/s1. The number of pyridine rings is 1. The summed E-state index contributed by atoms with van der Waals surface area (Å²) in [6.07, 6.45) is 5.71. The minimum atomic E-state index is -3.15. The van der Waals surface area contributed by atoms with Crippen LogP contribution in [-0.2, 0) is 23.7 Å². The van der Waals surface area contributed by atoms with Crippen molar-refractivity contribution in [2.75, 3.05) is 72.9 Å². The summed E-state index contributed by atoms with van der Waals surface area (Å²) in [5.74, 6) is -3.20. The zero-order valence-electron chi connectivity index (χ0n) is 35.1. The molecule has 4 aliphatic heterocycles. The van der Waals surface area contributed by atoms with Crippen LogP contribution in [-0.4, -0.2) is 117 Å². The molecule has 5 aliphatic rings. The summed E-state index contributed by atoms with van der Waals surface area (Å²) in [6.45, 7) is 3.78. The number of aliphatic hydroxyl groups is 1. The van der Waals surface area contributed by atoms with Crippen LogP contribution in [0.5, 0.6) is 5.75 Å². The van der Waals surface area contributed by atoms with E-state index in [4.69, 9.17) is 26.4 Å². The van der Waals surface area contributed by atoms with Gasteiger partial charge in [-0.05, 0) is 80.3 Å². The van der Waals surface area contributed by atoms with E-state index < -0.39 is 30.0 Å². The number of halogens is 3. The Kier molecular flexibility index (Phi) is 10.6. The Morgan fingerprint density at radius 2 is 1.79 bits per heavy atom. The number of amides is 2. The van der Waals surface area contributed by atoms with E-state index in [1.54, 1.807) is 25.2 Å². The maximum absolute atomic E-state index is 15.2. The molecule has 63 heavy (non-hydrogen) atoms. The zero-order valence-corrected chi connectivity index (χ0v) is 35.9.